The lowest BCUT2D eigenvalue weighted by Crippen LogP contribution is -2.73. The molecule has 3 heterocycles. The second kappa shape index (κ2) is 7.38. The van der Waals surface area contributed by atoms with Crippen molar-refractivity contribution in [1.82, 2.24) is 15.2 Å². The van der Waals surface area contributed by atoms with E-state index < -0.39 is 0 Å². The molecule has 3 fully saturated rings. The molecule has 1 saturated carbocycles. The van der Waals surface area contributed by atoms with Crippen molar-refractivity contribution in [2.24, 2.45) is 11.3 Å². The van der Waals surface area contributed by atoms with Crippen LogP contribution in [0.5, 0.6) is 0 Å². The van der Waals surface area contributed by atoms with Crippen molar-refractivity contribution in [2.45, 2.75) is 25.8 Å². The van der Waals surface area contributed by atoms with Crippen LogP contribution in [0, 0.1) is 11.3 Å². The number of benzene rings is 1. The Hall–Kier alpha value is -2.41. The van der Waals surface area contributed by atoms with Crippen LogP contribution in [0.4, 0.5) is 5.69 Å². The molecule has 0 unspecified atom stereocenters. The van der Waals surface area contributed by atoms with Crippen molar-refractivity contribution < 1.29 is 9.59 Å². The van der Waals surface area contributed by atoms with Gasteiger partial charge in [0.1, 0.15) is 5.69 Å². The number of rotatable bonds is 5. The van der Waals surface area contributed by atoms with Gasteiger partial charge in [-0.15, -0.1) is 0 Å². The number of likely N-dealkylation sites (tertiary alicyclic amines) is 1. The Morgan fingerprint density at radius 3 is 2.50 bits per heavy atom. The summed E-state index contributed by atoms with van der Waals surface area (Å²) in [6.45, 7) is 5.59. The molecule has 156 valence electrons. The standard InChI is InChI=1S/C23H25BrN4O2/c1-15(16-4-6-18(24)7-5-16)26-21(29)20-10-19(8-9-25-20)27-11-23(12-27)13-28(14-23)22(30)17-2-3-17/h4-10,15,17H,2-3,11-14H2,1H3,(H,26,29)/t15-/m1/s1. The summed E-state index contributed by atoms with van der Waals surface area (Å²) in [6.07, 6.45) is 3.83. The van der Waals surface area contributed by atoms with Crippen LogP contribution in [0.2, 0.25) is 0 Å². The fraction of sp³-hybridized carbons (Fsp3) is 0.435. The molecule has 7 heteroatoms. The Bertz CT molecular complexity index is 975. The van der Waals surface area contributed by atoms with E-state index in [4.69, 9.17) is 0 Å². The smallest absolute Gasteiger partial charge is 0.270 e. The zero-order valence-electron chi connectivity index (χ0n) is 17.0. The average Bonchev–Trinajstić information content (AvgIpc) is 3.51. The van der Waals surface area contributed by atoms with Gasteiger partial charge < -0.3 is 15.1 Å². The number of hydrogen-bond donors (Lipinski definition) is 1. The summed E-state index contributed by atoms with van der Waals surface area (Å²) < 4.78 is 1.01. The van der Waals surface area contributed by atoms with Crippen molar-refractivity contribution >= 4 is 33.4 Å². The summed E-state index contributed by atoms with van der Waals surface area (Å²) in [5.41, 5.74) is 2.73. The molecular formula is C23H25BrN4O2. The molecule has 0 bridgehead atoms. The maximum Gasteiger partial charge on any atom is 0.270 e. The Balaban J connectivity index is 1.17. The third-order valence-electron chi connectivity index (χ3n) is 6.40. The number of hydrogen-bond acceptors (Lipinski definition) is 4. The minimum absolute atomic E-state index is 0.103. The third-order valence-corrected chi connectivity index (χ3v) is 6.93. The first kappa shape index (κ1) is 19.5. The van der Waals surface area contributed by atoms with Gasteiger partial charge in [-0.1, -0.05) is 28.1 Å². The second-order valence-corrected chi connectivity index (χ2v) is 9.89. The van der Waals surface area contributed by atoms with E-state index in [1.165, 1.54) is 0 Å². The van der Waals surface area contributed by atoms with E-state index in [1.807, 2.05) is 48.2 Å². The van der Waals surface area contributed by atoms with Crippen LogP contribution in [-0.4, -0.2) is 47.9 Å². The summed E-state index contributed by atoms with van der Waals surface area (Å²) in [5.74, 6) is 0.480. The molecular weight excluding hydrogens is 444 g/mol. The van der Waals surface area contributed by atoms with Crippen LogP contribution < -0.4 is 10.2 Å². The SMILES string of the molecule is C[C@@H](NC(=O)c1cc(N2CC3(CN(C(=O)C4CC4)C3)C2)ccn1)c1ccc(Br)cc1. The zero-order chi connectivity index (χ0) is 20.9. The number of carbonyl (C=O) groups excluding carboxylic acids is 2. The van der Waals surface area contributed by atoms with Crippen LogP contribution in [0.25, 0.3) is 0 Å². The van der Waals surface area contributed by atoms with Gasteiger partial charge in [0, 0.05) is 53.9 Å². The van der Waals surface area contributed by atoms with Crippen molar-refractivity contribution in [2.75, 3.05) is 31.1 Å². The summed E-state index contributed by atoms with van der Waals surface area (Å²) >= 11 is 3.43. The minimum atomic E-state index is -0.174. The van der Waals surface area contributed by atoms with E-state index >= 15 is 0 Å². The Morgan fingerprint density at radius 2 is 1.83 bits per heavy atom. The molecule has 5 rings (SSSR count). The van der Waals surface area contributed by atoms with E-state index in [0.29, 0.717) is 17.5 Å². The van der Waals surface area contributed by atoms with Crippen LogP contribution in [0.15, 0.2) is 47.1 Å². The van der Waals surface area contributed by atoms with Crippen molar-refractivity contribution in [1.29, 1.82) is 0 Å². The molecule has 2 amide bonds. The molecule has 1 spiro atoms. The minimum Gasteiger partial charge on any atom is -0.370 e. The first-order valence-electron chi connectivity index (χ1n) is 10.5. The number of nitrogens with zero attached hydrogens (tertiary/aromatic N) is 3. The summed E-state index contributed by atoms with van der Waals surface area (Å²) in [7, 11) is 0. The highest BCUT2D eigenvalue weighted by Crippen LogP contribution is 2.44. The number of aromatic nitrogens is 1. The van der Waals surface area contributed by atoms with E-state index in [2.05, 4.69) is 31.1 Å². The van der Waals surface area contributed by atoms with Gasteiger partial charge in [0.15, 0.2) is 0 Å². The molecule has 1 aromatic heterocycles. The van der Waals surface area contributed by atoms with Gasteiger partial charge in [0.2, 0.25) is 5.91 Å². The number of halogens is 1. The zero-order valence-corrected chi connectivity index (χ0v) is 18.6. The summed E-state index contributed by atoms with van der Waals surface area (Å²) in [6, 6.07) is 11.6. The predicted octanol–water partition coefficient (Wildman–Crippen LogP) is 3.39. The van der Waals surface area contributed by atoms with Gasteiger partial charge >= 0.3 is 0 Å². The summed E-state index contributed by atoms with van der Waals surface area (Å²) in [4.78, 5) is 33.4. The molecule has 2 saturated heterocycles. The fourth-order valence-corrected chi connectivity index (χ4v) is 4.76. The lowest BCUT2D eigenvalue weighted by Gasteiger charge is -2.61. The van der Waals surface area contributed by atoms with E-state index in [-0.39, 0.29) is 17.4 Å². The number of amides is 2. The fourth-order valence-electron chi connectivity index (χ4n) is 4.50. The molecule has 6 nitrogen and oxygen atoms in total. The quantitative estimate of drug-likeness (QED) is 0.729. The van der Waals surface area contributed by atoms with Crippen LogP contribution in [0.3, 0.4) is 0 Å². The van der Waals surface area contributed by atoms with Gasteiger partial charge in [-0.05, 0) is 49.6 Å². The monoisotopic (exact) mass is 468 g/mol. The molecule has 2 aromatic rings. The largest absolute Gasteiger partial charge is 0.370 e. The normalized spacial score (nSPS) is 20.3. The second-order valence-electron chi connectivity index (χ2n) is 8.97. The molecule has 1 N–H and O–H groups in total. The van der Waals surface area contributed by atoms with Gasteiger partial charge in [0.25, 0.3) is 5.91 Å². The Labute approximate surface area is 184 Å². The van der Waals surface area contributed by atoms with Crippen LogP contribution in [-0.2, 0) is 4.79 Å². The highest BCUT2D eigenvalue weighted by atomic mass is 79.9. The molecule has 0 radical (unpaired) electrons. The first-order valence-corrected chi connectivity index (χ1v) is 11.3. The average molecular weight is 469 g/mol. The molecule has 1 aromatic carbocycles. The number of carbonyl (C=O) groups is 2. The third kappa shape index (κ3) is 3.71. The van der Waals surface area contributed by atoms with Crippen LogP contribution in [0.1, 0.15) is 41.9 Å². The lowest BCUT2D eigenvalue weighted by atomic mass is 9.72. The number of nitrogens with one attached hydrogen (secondary N) is 1. The Morgan fingerprint density at radius 1 is 1.13 bits per heavy atom. The van der Waals surface area contributed by atoms with Gasteiger partial charge in [-0.3, -0.25) is 14.6 Å². The maximum atomic E-state index is 12.7. The molecule has 3 aliphatic rings. The summed E-state index contributed by atoms with van der Waals surface area (Å²) in [5, 5.41) is 3.03. The molecule has 30 heavy (non-hydrogen) atoms. The van der Waals surface area contributed by atoms with Gasteiger partial charge in [-0.25, -0.2) is 0 Å². The van der Waals surface area contributed by atoms with Crippen molar-refractivity contribution in [3.05, 3.63) is 58.3 Å². The van der Waals surface area contributed by atoms with Crippen molar-refractivity contribution in [3.63, 3.8) is 0 Å². The van der Waals surface area contributed by atoms with Gasteiger partial charge in [-0.2, -0.15) is 0 Å². The van der Waals surface area contributed by atoms with Crippen molar-refractivity contribution in [3.8, 4) is 0 Å². The van der Waals surface area contributed by atoms with E-state index in [1.54, 1.807) is 6.20 Å². The highest BCUT2D eigenvalue weighted by molar-refractivity contribution is 9.10. The first-order chi connectivity index (χ1) is 14.4. The molecule has 1 atom stereocenters. The van der Waals surface area contributed by atoms with Gasteiger partial charge in [0.05, 0.1) is 6.04 Å². The maximum absolute atomic E-state index is 12.7. The van der Waals surface area contributed by atoms with Crippen LogP contribution >= 0.6 is 15.9 Å². The Kier molecular flexibility index (Phi) is 4.81. The number of pyridine rings is 1. The lowest BCUT2D eigenvalue weighted by molar-refractivity contribution is -0.146. The molecule has 2 aliphatic heterocycles. The topological polar surface area (TPSA) is 65.5 Å². The van der Waals surface area contributed by atoms with E-state index in [9.17, 15) is 9.59 Å². The number of anilines is 1. The predicted molar refractivity (Wildman–Crippen MR) is 118 cm³/mol. The van der Waals surface area contributed by atoms with E-state index in [0.717, 1.165) is 54.7 Å². The molecule has 1 aliphatic carbocycles. The highest BCUT2D eigenvalue weighted by Gasteiger charge is 2.54.